The van der Waals surface area contributed by atoms with Crippen LogP contribution in [0.1, 0.15) is 30.6 Å². The molecule has 0 aliphatic carbocycles. The summed E-state index contributed by atoms with van der Waals surface area (Å²) in [5, 5.41) is 2.91. The first-order valence-electron chi connectivity index (χ1n) is 7.17. The Morgan fingerprint density at radius 1 is 1.19 bits per heavy atom. The molecule has 21 heavy (non-hydrogen) atoms. The number of nitrogens with zero attached hydrogens (tertiary/aromatic N) is 1. The van der Waals surface area contributed by atoms with Crippen molar-refractivity contribution in [2.24, 2.45) is 5.73 Å². The van der Waals surface area contributed by atoms with E-state index in [9.17, 15) is 4.79 Å². The first kappa shape index (κ1) is 15.2. The van der Waals surface area contributed by atoms with E-state index in [4.69, 9.17) is 5.73 Å². The second-order valence-corrected chi connectivity index (χ2v) is 5.12. The highest BCUT2D eigenvalue weighted by molar-refractivity contribution is 5.81. The van der Waals surface area contributed by atoms with Crippen LogP contribution in [0.4, 0.5) is 0 Å². The normalized spacial score (nSPS) is 13.4. The van der Waals surface area contributed by atoms with Crippen LogP contribution in [0.15, 0.2) is 54.7 Å². The van der Waals surface area contributed by atoms with E-state index in [-0.39, 0.29) is 11.9 Å². The van der Waals surface area contributed by atoms with E-state index in [2.05, 4.69) is 10.3 Å². The number of nitrogens with one attached hydrogen (secondary N) is 1. The minimum Gasteiger partial charge on any atom is -0.347 e. The van der Waals surface area contributed by atoms with Gasteiger partial charge in [0.1, 0.15) is 0 Å². The Morgan fingerprint density at radius 2 is 1.90 bits per heavy atom. The fraction of sp³-hybridized carbons (Fsp3) is 0.294. The third-order valence-corrected chi connectivity index (χ3v) is 3.41. The smallest absolute Gasteiger partial charge is 0.237 e. The Bertz CT molecular complexity index is 557. The number of nitrogens with two attached hydrogens (primary N) is 1. The maximum atomic E-state index is 12.1. The number of carbonyl (C=O) groups excluding carboxylic acids is 1. The Labute approximate surface area is 125 Å². The van der Waals surface area contributed by atoms with E-state index >= 15 is 0 Å². The Hall–Kier alpha value is -2.20. The van der Waals surface area contributed by atoms with Gasteiger partial charge < -0.3 is 11.1 Å². The minimum atomic E-state index is -0.503. The van der Waals surface area contributed by atoms with Crippen LogP contribution < -0.4 is 11.1 Å². The lowest BCUT2D eigenvalue weighted by atomic mass is 10.0. The predicted octanol–water partition coefficient (Wildman–Crippen LogP) is 2.22. The highest BCUT2D eigenvalue weighted by Gasteiger charge is 2.16. The molecular weight excluding hydrogens is 262 g/mol. The molecule has 0 saturated heterocycles. The number of rotatable bonds is 6. The molecule has 0 unspecified atom stereocenters. The van der Waals surface area contributed by atoms with Crippen molar-refractivity contribution in [1.82, 2.24) is 10.3 Å². The van der Waals surface area contributed by atoms with E-state index in [1.807, 2.05) is 55.5 Å². The Balaban J connectivity index is 1.82. The zero-order valence-electron chi connectivity index (χ0n) is 12.2. The van der Waals surface area contributed by atoms with Crippen LogP contribution in [0.5, 0.6) is 0 Å². The van der Waals surface area contributed by atoms with Gasteiger partial charge in [-0.25, -0.2) is 0 Å². The molecule has 0 bridgehead atoms. The van der Waals surface area contributed by atoms with Gasteiger partial charge in [-0.05, 0) is 37.5 Å². The van der Waals surface area contributed by atoms with Gasteiger partial charge in [0.25, 0.3) is 0 Å². The molecule has 1 amide bonds. The van der Waals surface area contributed by atoms with E-state index in [0.717, 1.165) is 12.1 Å². The van der Waals surface area contributed by atoms with Gasteiger partial charge in [-0.15, -0.1) is 0 Å². The number of hydrogen-bond acceptors (Lipinski definition) is 3. The highest BCUT2D eigenvalue weighted by Crippen LogP contribution is 2.09. The average molecular weight is 283 g/mol. The van der Waals surface area contributed by atoms with Gasteiger partial charge in [0.05, 0.1) is 17.8 Å². The maximum absolute atomic E-state index is 12.1. The maximum Gasteiger partial charge on any atom is 0.237 e. The van der Waals surface area contributed by atoms with Crippen molar-refractivity contribution < 1.29 is 4.79 Å². The fourth-order valence-corrected chi connectivity index (χ4v) is 2.12. The molecule has 0 spiro atoms. The van der Waals surface area contributed by atoms with Crippen molar-refractivity contribution >= 4 is 5.91 Å². The number of aryl methyl sites for hydroxylation is 1. The summed E-state index contributed by atoms with van der Waals surface area (Å²) in [4.78, 5) is 16.3. The third-order valence-electron chi connectivity index (χ3n) is 3.41. The van der Waals surface area contributed by atoms with Gasteiger partial charge in [-0.1, -0.05) is 36.4 Å². The average Bonchev–Trinajstić information content (AvgIpc) is 2.54. The van der Waals surface area contributed by atoms with Crippen molar-refractivity contribution in [2.75, 3.05) is 0 Å². The summed E-state index contributed by atoms with van der Waals surface area (Å²) >= 11 is 0. The van der Waals surface area contributed by atoms with Crippen LogP contribution in [-0.4, -0.2) is 16.9 Å². The molecule has 4 heteroatoms. The molecule has 110 valence electrons. The molecule has 2 rings (SSSR count). The molecule has 0 aliphatic rings. The number of pyridine rings is 1. The molecule has 1 aromatic carbocycles. The van der Waals surface area contributed by atoms with Gasteiger partial charge in [0.2, 0.25) is 5.91 Å². The van der Waals surface area contributed by atoms with Crippen LogP contribution >= 0.6 is 0 Å². The minimum absolute atomic E-state index is 0.135. The first-order chi connectivity index (χ1) is 10.2. The number of benzene rings is 1. The van der Waals surface area contributed by atoms with Crippen LogP contribution in [0.25, 0.3) is 0 Å². The van der Waals surface area contributed by atoms with E-state index < -0.39 is 6.04 Å². The van der Waals surface area contributed by atoms with Crippen LogP contribution in [0, 0.1) is 0 Å². The Kier molecular flexibility index (Phi) is 5.46. The van der Waals surface area contributed by atoms with Gasteiger partial charge >= 0.3 is 0 Å². The number of hydrogen-bond donors (Lipinski definition) is 2. The summed E-state index contributed by atoms with van der Waals surface area (Å²) in [6, 6.07) is 15.0. The molecule has 2 atom stereocenters. The van der Waals surface area contributed by atoms with Gasteiger partial charge in [0, 0.05) is 6.20 Å². The van der Waals surface area contributed by atoms with E-state index in [0.29, 0.717) is 6.42 Å². The number of carbonyl (C=O) groups is 1. The standard InChI is InChI=1S/C17H21N3O/c1-13(16-9-5-6-12-19-16)20-17(21)15(18)11-10-14-7-3-2-4-8-14/h2-9,12-13,15H,10-11,18H2,1H3,(H,20,21)/t13-,15-/m0/s1. The lowest BCUT2D eigenvalue weighted by Crippen LogP contribution is -2.42. The van der Waals surface area contributed by atoms with Crippen LogP contribution in [0.2, 0.25) is 0 Å². The van der Waals surface area contributed by atoms with Gasteiger partial charge in [-0.2, -0.15) is 0 Å². The van der Waals surface area contributed by atoms with Crippen LogP contribution in [-0.2, 0) is 11.2 Å². The molecule has 2 aromatic rings. The number of amides is 1. The molecule has 0 fully saturated rings. The summed E-state index contributed by atoms with van der Waals surface area (Å²) in [6.45, 7) is 1.91. The van der Waals surface area contributed by atoms with Gasteiger partial charge in [-0.3, -0.25) is 9.78 Å². The quantitative estimate of drug-likeness (QED) is 0.854. The predicted molar refractivity (Wildman–Crippen MR) is 83.5 cm³/mol. The van der Waals surface area contributed by atoms with Crippen molar-refractivity contribution in [3.8, 4) is 0 Å². The van der Waals surface area contributed by atoms with Crippen molar-refractivity contribution in [2.45, 2.75) is 31.8 Å². The topological polar surface area (TPSA) is 68.0 Å². The second kappa shape index (κ2) is 7.55. The Morgan fingerprint density at radius 3 is 2.57 bits per heavy atom. The lowest BCUT2D eigenvalue weighted by Gasteiger charge is -2.17. The number of aromatic nitrogens is 1. The second-order valence-electron chi connectivity index (χ2n) is 5.12. The molecule has 3 N–H and O–H groups in total. The molecule has 0 saturated carbocycles. The molecular formula is C17H21N3O. The molecule has 1 heterocycles. The van der Waals surface area contributed by atoms with Crippen LogP contribution in [0.3, 0.4) is 0 Å². The zero-order chi connectivity index (χ0) is 15.1. The molecule has 4 nitrogen and oxygen atoms in total. The van der Waals surface area contributed by atoms with Crippen molar-refractivity contribution in [3.05, 3.63) is 66.0 Å². The zero-order valence-corrected chi connectivity index (χ0v) is 12.2. The lowest BCUT2D eigenvalue weighted by molar-refractivity contribution is -0.123. The molecule has 1 aromatic heterocycles. The third kappa shape index (κ3) is 4.68. The molecule has 0 radical (unpaired) electrons. The van der Waals surface area contributed by atoms with Gasteiger partial charge in [0.15, 0.2) is 0 Å². The van der Waals surface area contributed by atoms with E-state index in [1.54, 1.807) is 6.20 Å². The van der Waals surface area contributed by atoms with E-state index in [1.165, 1.54) is 5.56 Å². The summed E-state index contributed by atoms with van der Waals surface area (Å²) in [5.74, 6) is -0.135. The fourth-order valence-electron chi connectivity index (χ4n) is 2.12. The molecule has 0 aliphatic heterocycles. The van der Waals surface area contributed by atoms with Crippen molar-refractivity contribution in [3.63, 3.8) is 0 Å². The monoisotopic (exact) mass is 283 g/mol. The SMILES string of the molecule is C[C@H](NC(=O)[C@@H](N)CCc1ccccc1)c1ccccn1. The summed E-state index contributed by atoms with van der Waals surface area (Å²) < 4.78 is 0. The summed E-state index contributed by atoms with van der Waals surface area (Å²) in [6.07, 6.45) is 3.14. The largest absolute Gasteiger partial charge is 0.347 e. The first-order valence-corrected chi connectivity index (χ1v) is 7.17. The summed E-state index contributed by atoms with van der Waals surface area (Å²) in [5.41, 5.74) is 7.99. The van der Waals surface area contributed by atoms with Crippen molar-refractivity contribution in [1.29, 1.82) is 0 Å². The summed E-state index contributed by atoms with van der Waals surface area (Å²) in [7, 11) is 0. The highest BCUT2D eigenvalue weighted by atomic mass is 16.2.